The fourth-order valence-corrected chi connectivity index (χ4v) is 2.88. The van der Waals surface area contributed by atoms with E-state index in [0.29, 0.717) is 12.8 Å². The molecule has 3 amide bonds. The number of nitrogens with zero attached hydrogens (tertiary/aromatic N) is 1. The van der Waals surface area contributed by atoms with Gasteiger partial charge in [-0.15, -0.1) is 0 Å². The molecule has 2 rings (SSSR count). The molecule has 0 spiro atoms. The van der Waals surface area contributed by atoms with Crippen LogP contribution in [-0.4, -0.2) is 41.2 Å². The van der Waals surface area contributed by atoms with Crippen molar-refractivity contribution >= 4 is 18.1 Å². The number of alkyl carbamates (subject to hydrolysis) is 1. The highest BCUT2D eigenvalue weighted by atomic mass is 16.6. The number of imide groups is 1. The van der Waals surface area contributed by atoms with E-state index < -0.39 is 18.1 Å². The average Bonchev–Trinajstić information content (AvgIpc) is 3.01. The summed E-state index contributed by atoms with van der Waals surface area (Å²) in [6.07, 6.45) is 6.15. The van der Waals surface area contributed by atoms with Crippen LogP contribution in [-0.2, 0) is 20.7 Å². The Labute approximate surface area is 177 Å². The number of rotatable bonds is 7. The molecule has 1 aliphatic heterocycles. The van der Waals surface area contributed by atoms with Gasteiger partial charge in [-0.05, 0) is 57.2 Å². The number of carbonyl (C=O) groups excluding carboxylic acids is 3. The number of ether oxygens (including phenoxy) is 2. The zero-order valence-electron chi connectivity index (χ0n) is 18.0. The van der Waals surface area contributed by atoms with Crippen LogP contribution in [0.1, 0.15) is 39.7 Å². The first-order valence-electron chi connectivity index (χ1n) is 10.0. The highest BCUT2D eigenvalue weighted by Gasteiger charge is 2.36. The lowest BCUT2D eigenvalue weighted by Gasteiger charge is -2.19. The summed E-state index contributed by atoms with van der Waals surface area (Å²) in [6, 6.07) is 9.36. The number of allylic oxidation sites excluding steroid dienone is 2. The maximum atomic E-state index is 12.5. The zero-order chi connectivity index (χ0) is 22.1. The van der Waals surface area contributed by atoms with Gasteiger partial charge in [-0.1, -0.05) is 43.3 Å². The van der Waals surface area contributed by atoms with Gasteiger partial charge < -0.3 is 14.8 Å². The van der Waals surface area contributed by atoms with Crippen LogP contribution in [0, 0.1) is 5.92 Å². The van der Waals surface area contributed by atoms with E-state index in [9.17, 15) is 14.4 Å². The molecule has 30 heavy (non-hydrogen) atoms. The van der Waals surface area contributed by atoms with E-state index in [1.54, 1.807) is 12.2 Å². The summed E-state index contributed by atoms with van der Waals surface area (Å²) in [4.78, 5) is 37.3. The third kappa shape index (κ3) is 7.73. The van der Waals surface area contributed by atoms with Crippen molar-refractivity contribution in [1.82, 2.24) is 10.2 Å². The van der Waals surface area contributed by atoms with Crippen molar-refractivity contribution in [2.24, 2.45) is 5.92 Å². The van der Waals surface area contributed by atoms with Gasteiger partial charge in [0.05, 0.1) is 12.3 Å². The second-order valence-corrected chi connectivity index (χ2v) is 8.35. The summed E-state index contributed by atoms with van der Waals surface area (Å²) in [5, 5.41) is 2.69. The van der Waals surface area contributed by atoms with Crippen LogP contribution in [0.4, 0.5) is 9.59 Å². The van der Waals surface area contributed by atoms with Crippen molar-refractivity contribution in [3.8, 4) is 0 Å². The van der Waals surface area contributed by atoms with Gasteiger partial charge >= 0.3 is 12.2 Å². The van der Waals surface area contributed by atoms with Gasteiger partial charge in [-0.3, -0.25) is 4.79 Å². The number of hydrogen-bond acceptors (Lipinski definition) is 5. The van der Waals surface area contributed by atoms with Crippen molar-refractivity contribution in [1.29, 1.82) is 0 Å². The lowest BCUT2D eigenvalue weighted by Crippen LogP contribution is -2.40. The smallest absolute Gasteiger partial charge is 0.417 e. The molecule has 2 atom stereocenters. The Bertz CT molecular complexity index is 796. The Morgan fingerprint density at radius 3 is 2.67 bits per heavy atom. The Morgan fingerprint density at radius 2 is 2.00 bits per heavy atom. The minimum atomic E-state index is -0.614. The van der Waals surface area contributed by atoms with Gasteiger partial charge in [0.1, 0.15) is 6.61 Å². The van der Waals surface area contributed by atoms with E-state index in [1.165, 1.54) is 17.2 Å². The standard InChI is InChI=1S/C23H30N2O5/c1-17(13-14-29-21(27)24-23(2,3)4)9-8-12-20(26)25-19(16-30-22(25)28)15-18-10-6-5-7-11-18/h5-8,10-14,17,19H,9,15-16H2,1-4H3,(H,24,27)/b12-8+,14-13+/t17-,19-/m0/s1. The minimum Gasteiger partial charge on any atom is -0.447 e. The SMILES string of the molecule is C[C@H](/C=C/OC(=O)NC(C)(C)C)C/C=C/C(=O)N1C(=O)OC[C@@H]1Cc1ccccc1. The normalized spacial score (nSPS) is 17.9. The molecule has 0 saturated carbocycles. The molecule has 0 radical (unpaired) electrons. The molecule has 0 bridgehead atoms. The van der Waals surface area contributed by atoms with Crippen LogP contribution in [0.2, 0.25) is 0 Å². The van der Waals surface area contributed by atoms with Crippen LogP contribution in [0.15, 0.2) is 54.8 Å². The molecular weight excluding hydrogens is 384 g/mol. The summed E-state index contributed by atoms with van der Waals surface area (Å²) < 4.78 is 10.1. The van der Waals surface area contributed by atoms with E-state index in [4.69, 9.17) is 9.47 Å². The fourth-order valence-electron chi connectivity index (χ4n) is 2.88. The molecule has 0 aliphatic carbocycles. The molecule has 0 aromatic heterocycles. The second-order valence-electron chi connectivity index (χ2n) is 8.35. The highest BCUT2D eigenvalue weighted by Crippen LogP contribution is 2.18. The summed E-state index contributed by atoms with van der Waals surface area (Å²) in [7, 11) is 0. The predicted molar refractivity (Wildman–Crippen MR) is 114 cm³/mol. The lowest BCUT2D eigenvalue weighted by atomic mass is 10.1. The van der Waals surface area contributed by atoms with Crippen LogP contribution < -0.4 is 5.32 Å². The van der Waals surface area contributed by atoms with Crippen molar-refractivity contribution in [3.05, 3.63) is 60.4 Å². The van der Waals surface area contributed by atoms with E-state index in [2.05, 4.69) is 5.32 Å². The molecule has 1 aromatic carbocycles. The largest absolute Gasteiger partial charge is 0.447 e. The van der Waals surface area contributed by atoms with Crippen LogP contribution in [0.3, 0.4) is 0 Å². The first kappa shape index (κ1) is 23.2. The molecule has 1 aromatic rings. The Morgan fingerprint density at radius 1 is 1.30 bits per heavy atom. The monoisotopic (exact) mass is 414 g/mol. The molecule has 7 heteroatoms. The molecule has 1 N–H and O–H groups in total. The third-order valence-electron chi connectivity index (χ3n) is 4.34. The van der Waals surface area contributed by atoms with E-state index >= 15 is 0 Å². The maximum absolute atomic E-state index is 12.5. The molecule has 0 unspecified atom stereocenters. The Hall–Kier alpha value is -3.09. The van der Waals surface area contributed by atoms with Gasteiger partial charge in [0, 0.05) is 5.54 Å². The first-order valence-corrected chi connectivity index (χ1v) is 10.0. The van der Waals surface area contributed by atoms with Crippen LogP contribution >= 0.6 is 0 Å². The summed E-state index contributed by atoms with van der Waals surface area (Å²) >= 11 is 0. The molecule has 7 nitrogen and oxygen atoms in total. The maximum Gasteiger partial charge on any atom is 0.417 e. The second kappa shape index (κ2) is 10.6. The molecular formula is C23H30N2O5. The summed E-state index contributed by atoms with van der Waals surface area (Å²) in [5.41, 5.74) is 0.672. The van der Waals surface area contributed by atoms with E-state index in [1.807, 2.05) is 58.0 Å². The van der Waals surface area contributed by atoms with Gasteiger partial charge in [0.15, 0.2) is 0 Å². The number of hydrogen-bond donors (Lipinski definition) is 1. The van der Waals surface area contributed by atoms with Crippen LogP contribution in [0.5, 0.6) is 0 Å². The molecule has 1 heterocycles. The van der Waals surface area contributed by atoms with Crippen molar-refractivity contribution in [2.75, 3.05) is 6.61 Å². The van der Waals surface area contributed by atoms with E-state index in [-0.39, 0.29) is 24.1 Å². The zero-order valence-corrected chi connectivity index (χ0v) is 18.0. The van der Waals surface area contributed by atoms with Crippen molar-refractivity contribution in [2.45, 2.75) is 52.1 Å². The predicted octanol–water partition coefficient (Wildman–Crippen LogP) is 4.20. The molecule has 1 fully saturated rings. The van der Waals surface area contributed by atoms with Crippen LogP contribution in [0.25, 0.3) is 0 Å². The van der Waals surface area contributed by atoms with E-state index in [0.717, 1.165) is 5.56 Å². The summed E-state index contributed by atoms with van der Waals surface area (Å²) in [5.74, 6) is -0.349. The molecule has 1 aliphatic rings. The number of cyclic esters (lactones) is 1. The highest BCUT2D eigenvalue weighted by molar-refractivity contribution is 5.99. The summed E-state index contributed by atoms with van der Waals surface area (Å²) in [6.45, 7) is 7.72. The third-order valence-corrected chi connectivity index (χ3v) is 4.34. The molecule has 162 valence electrons. The average molecular weight is 415 g/mol. The van der Waals surface area contributed by atoms with Gasteiger partial charge in [0.25, 0.3) is 5.91 Å². The van der Waals surface area contributed by atoms with Crippen molar-refractivity contribution < 1.29 is 23.9 Å². The van der Waals surface area contributed by atoms with Gasteiger partial charge in [0.2, 0.25) is 0 Å². The Balaban J connectivity index is 1.83. The van der Waals surface area contributed by atoms with Gasteiger partial charge in [-0.25, -0.2) is 14.5 Å². The topological polar surface area (TPSA) is 84.9 Å². The Kier molecular flexibility index (Phi) is 8.21. The van der Waals surface area contributed by atoms with Gasteiger partial charge in [-0.2, -0.15) is 0 Å². The minimum absolute atomic E-state index is 0.0436. The molecule has 1 saturated heterocycles. The lowest BCUT2D eigenvalue weighted by molar-refractivity contribution is -0.124. The number of carbonyl (C=O) groups is 3. The number of nitrogens with one attached hydrogen (secondary N) is 1. The number of benzene rings is 1. The van der Waals surface area contributed by atoms with Crippen molar-refractivity contribution in [3.63, 3.8) is 0 Å². The fraction of sp³-hybridized carbons (Fsp3) is 0.435. The quantitative estimate of drug-likeness (QED) is 0.534. The number of amides is 3. The first-order chi connectivity index (χ1) is 14.2.